The van der Waals surface area contributed by atoms with Gasteiger partial charge in [-0.3, -0.25) is 4.57 Å². The molecule has 0 fully saturated rings. The van der Waals surface area contributed by atoms with Crippen LogP contribution in [0.2, 0.25) is 0 Å². The SMILES string of the molecule is Cc1ccc(-n2cnnc2S(C)(=O)=O)cc1. The highest BCUT2D eigenvalue weighted by Gasteiger charge is 2.16. The Labute approximate surface area is 93.7 Å². The van der Waals surface area contributed by atoms with Crippen molar-refractivity contribution in [1.82, 2.24) is 14.8 Å². The Kier molecular flexibility index (Phi) is 2.51. The molecular formula is C10H11N3O2S. The summed E-state index contributed by atoms with van der Waals surface area (Å²) in [6.07, 6.45) is 2.50. The van der Waals surface area contributed by atoms with Gasteiger partial charge in [-0.25, -0.2) is 8.42 Å². The number of rotatable bonds is 2. The van der Waals surface area contributed by atoms with Gasteiger partial charge in [0.2, 0.25) is 9.84 Å². The van der Waals surface area contributed by atoms with Crippen molar-refractivity contribution >= 4 is 9.84 Å². The van der Waals surface area contributed by atoms with Gasteiger partial charge in [0.15, 0.2) is 0 Å². The van der Waals surface area contributed by atoms with Gasteiger partial charge in [-0.15, -0.1) is 10.2 Å². The highest BCUT2D eigenvalue weighted by molar-refractivity contribution is 7.90. The molecule has 1 aromatic carbocycles. The molecule has 0 aliphatic rings. The molecule has 0 amide bonds. The second kappa shape index (κ2) is 3.71. The molecule has 0 bridgehead atoms. The predicted molar refractivity (Wildman–Crippen MR) is 59.2 cm³/mol. The number of aromatic nitrogens is 3. The molecule has 0 spiro atoms. The number of aryl methyl sites for hydroxylation is 1. The highest BCUT2D eigenvalue weighted by atomic mass is 32.2. The van der Waals surface area contributed by atoms with Gasteiger partial charge >= 0.3 is 0 Å². The van der Waals surface area contributed by atoms with Crippen LogP contribution in [-0.2, 0) is 9.84 Å². The summed E-state index contributed by atoms with van der Waals surface area (Å²) >= 11 is 0. The van der Waals surface area contributed by atoms with Crippen molar-refractivity contribution in [3.05, 3.63) is 36.2 Å². The molecule has 5 nitrogen and oxygen atoms in total. The maximum Gasteiger partial charge on any atom is 0.253 e. The van der Waals surface area contributed by atoms with Crippen LogP contribution in [0.3, 0.4) is 0 Å². The largest absolute Gasteiger partial charge is 0.273 e. The normalized spacial score (nSPS) is 11.6. The van der Waals surface area contributed by atoms with Crippen molar-refractivity contribution < 1.29 is 8.42 Å². The first-order valence-corrected chi connectivity index (χ1v) is 6.55. The van der Waals surface area contributed by atoms with Crippen LogP contribution in [0, 0.1) is 6.92 Å². The van der Waals surface area contributed by atoms with Gasteiger partial charge < -0.3 is 0 Å². The highest BCUT2D eigenvalue weighted by Crippen LogP contribution is 2.13. The molecule has 0 unspecified atom stereocenters. The van der Waals surface area contributed by atoms with E-state index in [0.717, 1.165) is 17.5 Å². The second-order valence-corrected chi connectivity index (χ2v) is 5.50. The maximum absolute atomic E-state index is 11.4. The Morgan fingerprint density at radius 1 is 1.19 bits per heavy atom. The van der Waals surface area contributed by atoms with Crippen LogP contribution in [0.25, 0.3) is 5.69 Å². The van der Waals surface area contributed by atoms with Crippen LogP contribution < -0.4 is 0 Å². The minimum atomic E-state index is -3.36. The average molecular weight is 237 g/mol. The van der Waals surface area contributed by atoms with E-state index in [4.69, 9.17) is 0 Å². The Balaban J connectivity index is 2.58. The Bertz CT molecular complexity index is 599. The molecule has 0 aliphatic heterocycles. The first kappa shape index (κ1) is 10.8. The first-order valence-electron chi connectivity index (χ1n) is 4.65. The quantitative estimate of drug-likeness (QED) is 0.781. The molecule has 0 atom stereocenters. The third-order valence-electron chi connectivity index (χ3n) is 2.16. The average Bonchev–Trinajstić information content (AvgIpc) is 2.66. The molecule has 0 saturated heterocycles. The maximum atomic E-state index is 11.4. The van der Waals surface area contributed by atoms with E-state index in [9.17, 15) is 8.42 Å². The Morgan fingerprint density at radius 2 is 1.81 bits per heavy atom. The third kappa shape index (κ3) is 1.96. The molecule has 1 aromatic heterocycles. The second-order valence-electron chi connectivity index (χ2n) is 3.59. The zero-order valence-corrected chi connectivity index (χ0v) is 9.77. The number of sulfone groups is 1. The molecule has 84 valence electrons. The van der Waals surface area contributed by atoms with E-state index in [1.54, 1.807) is 0 Å². The van der Waals surface area contributed by atoms with Gasteiger partial charge in [-0.05, 0) is 19.1 Å². The van der Waals surface area contributed by atoms with E-state index in [1.807, 2.05) is 31.2 Å². The van der Waals surface area contributed by atoms with Gasteiger partial charge in [-0.1, -0.05) is 17.7 Å². The third-order valence-corrected chi connectivity index (χ3v) is 3.10. The molecule has 0 aliphatic carbocycles. The van der Waals surface area contributed by atoms with Crippen LogP contribution in [0.1, 0.15) is 5.56 Å². The molecule has 0 saturated carbocycles. The zero-order valence-electron chi connectivity index (χ0n) is 8.95. The van der Waals surface area contributed by atoms with Crippen molar-refractivity contribution in [2.45, 2.75) is 12.1 Å². The molecule has 2 aromatic rings. The van der Waals surface area contributed by atoms with E-state index < -0.39 is 9.84 Å². The minimum Gasteiger partial charge on any atom is -0.273 e. The lowest BCUT2D eigenvalue weighted by Gasteiger charge is -2.04. The van der Waals surface area contributed by atoms with Crippen LogP contribution in [0.4, 0.5) is 0 Å². The summed E-state index contributed by atoms with van der Waals surface area (Å²) in [6, 6.07) is 7.46. The van der Waals surface area contributed by atoms with Gasteiger partial charge in [-0.2, -0.15) is 0 Å². The van der Waals surface area contributed by atoms with Crippen molar-refractivity contribution in [2.24, 2.45) is 0 Å². The van der Waals surface area contributed by atoms with Crippen molar-refractivity contribution in [3.63, 3.8) is 0 Å². The molecule has 16 heavy (non-hydrogen) atoms. The van der Waals surface area contributed by atoms with E-state index in [2.05, 4.69) is 10.2 Å². The van der Waals surface area contributed by atoms with Gasteiger partial charge in [0, 0.05) is 11.9 Å². The predicted octanol–water partition coefficient (Wildman–Crippen LogP) is 0.979. The summed E-state index contributed by atoms with van der Waals surface area (Å²) in [4.78, 5) is 0. The topological polar surface area (TPSA) is 64.8 Å². The summed E-state index contributed by atoms with van der Waals surface area (Å²) in [6.45, 7) is 1.97. The van der Waals surface area contributed by atoms with Crippen molar-refractivity contribution in [2.75, 3.05) is 6.26 Å². The fourth-order valence-electron chi connectivity index (χ4n) is 1.36. The van der Waals surface area contributed by atoms with Crippen LogP contribution in [0.15, 0.2) is 35.7 Å². The lowest BCUT2D eigenvalue weighted by molar-refractivity contribution is 0.589. The number of benzene rings is 1. The van der Waals surface area contributed by atoms with Gasteiger partial charge in [0.05, 0.1) is 0 Å². The molecule has 1 heterocycles. The Hall–Kier alpha value is -1.69. The first-order chi connectivity index (χ1) is 7.48. The van der Waals surface area contributed by atoms with Gasteiger partial charge in [0.1, 0.15) is 6.33 Å². The van der Waals surface area contributed by atoms with Crippen LogP contribution in [-0.4, -0.2) is 29.4 Å². The van der Waals surface area contributed by atoms with Gasteiger partial charge in [0.25, 0.3) is 5.16 Å². The summed E-state index contributed by atoms with van der Waals surface area (Å²) < 4.78 is 24.3. The number of hydrogen-bond acceptors (Lipinski definition) is 4. The smallest absolute Gasteiger partial charge is 0.253 e. The monoisotopic (exact) mass is 237 g/mol. The van der Waals surface area contributed by atoms with E-state index >= 15 is 0 Å². The number of hydrogen-bond donors (Lipinski definition) is 0. The zero-order chi connectivity index (χ0) is 11.8. The lowest BCUT2D eigenvalue weighted by atomic mass is 10.2. The van der Waals surface area contributed by atoms with Crippen LogP contribution in [0.5, 0.6) is 0 Å². The van der Waals surface area contributed by atoms with Crippen molar-refractivity contribution in [3.8, 4) is 5.69 Å². The molecule has 0 N–H and O–H groups in total. The molecular weight excluding hydrogens is 226 g/mol. The minimum absolute atomic E-state index is 0.0450. The summed E-state index contributed by atoms with van der Waals surface area (Å²) in [5.41, 5.74) is 1.84. The summed E-state index contributed by atoms with van der Waals surface area (Å²) in [5.74, 6) is 0. The van der Waals surface area contributed by atoms with E-state index in [0.29, 0.717) is 0 Å². The molecule has 2 rings (SSSR count). The summed E-state index contributed by atoms with van der Waals surface area (Å²) in [5, 5.41) is 7.19. The van der Waals surface area contributed by atoms with E-state index in [-0.39, 0.29) is 5.16 Å². The van der Waals surface area contributed by atoms with Crippen LogP contribution >= 0.6 is 0 Å². The van der Waals surface area contributed by atoms with E-state index in [1.165, 1.54) is 10.9 Å². The molecule has 6 heteroatoms. The summed E-state index contributed by atoms with van der Waals surface area (Å²) in [7, 11) is -3.36. The number of nitrogens with zero attached hydrogens (tertiary/aromatic N) is 3. The standard InChI is InChI=1S/C10H11N3O2S/c1-8-3-5-9(6-4-8)13-7-11-12-10(13)16(2,14)15/h3-7H,1-2H3. The molecule has 0 radical (unpaired) electrons. The van der Waals surface area contributed by atoms with Crippen molar-refractivity contribution in [1.29, 1.82) is 0 Å². The Morgan fingerprint density at radius 3 is 2.38 bits per heavy atom. The fourth-order valence-corrected chi connectivity index (χ4v) is 2.07. The lowest BCUT2D eigenvalue weighted by Crippen LogP contribution is -2.07. The fraction of sp³-hybridized carbons (Fsp3) is 0.200.